The number of hydrogen-bond acceptors (Lipinski definition) is 1. The molecule has 0 amide bonds. The fourth-order valence-corrected chi connectivity index (χ4v) is 2.55. The lowest BCUT2D eigenvalue weighted by atomic mass is 10.0. The number of hydrogen-bond donors (Lipinski definition) is 0. The van der Waals surface area contributed by atoms with Crippen LogP contribution in [0.3, 0.4) is 0 Å². The molecule has 1 saturated carbocycles. The summed E-state index contributed by atoms with van der Waals surface area (Å²) in [5, 5.41) is 0. The maximum Gasteiger partial charge on any atom is 0.0830 e. The van der Waals surface area contributed by atoms with Gasteiger partial charge in [0.05, 0.1) is 8.08 Å². The number of allylic oxidation sites excluding steroid dienone is 2. The molecule has 0 aliphatic heterocycles. The summed E-state index contributed by atoms with van der Waals surface area (Å²) in [5.41, 5.74) is 3.00. The second kappa shape index (κ2) is 2.39. The average Bonchev–Trinajstić information content (AvgIpc) is 2.48. The molecule has 2 aliphatic carbocycles. The highest BCUT2D eigenvalue weighted by Crippen LogP contribution is 2.43. The van der Waals surface area contributed by atoms with Gasteiger partial charge in [-0.3, -0.25) is 4.57 Å². The van der Waals surface area contributed by atoms with Crippen LogP contribution in [-0.4, -0.2) is 5.80 Å². The third-order valence-corrected chi connectivity index (χ3v) is 3.05. The molecule has 2 atom stereocenters. The summed E-state index contributed by atoms with van der Waals surface area (Å²) in [4.78, 5) is 0. The zero-order valence-electron chi connectivity index (χ0n) is 5.89. The summed E-state index contributed by atoms with van der Waals surface area (Å²) >= 11 is 0. The van der Waals surface area contributed by atoms with Gasteiger partial charge in [-0.2, -0.15) is 0 Å². The molecule has 2 rings (SSSR count). The van der Waals surface area contributed by atoms with Gasteiger partial charge in [0.25, 0.3) is 0 Å². The van der Waals surface area contributed by atoms with Gasteiger partial charge in [-0.1, -0.05) is 5.57 Å². The molecule has 10 heavy (non-hydrogen) atoms. The van der Waals surface area contributed by atoms with Crippen molar-refractivity contribution in [3.8, 4) is 0 Å². The zero-order valence-corrected chi connectivity index (χ0v) is 6.89. The van der Waals surface area contributed by atoms with Crippen LogP contribution in [-0.2, 0) is 4.57 Å². The summed E-state index contributed by atoms with van der Waals surface area (Å²) in [6.07, 6.45) is 5.18. The largest absolute Gasteiger partial charge is 0.286 e. The van der Waals surface area contributed by atoms with Crippen molar-refractivity contribution in [2.75, 3.05) is 0 Å². The Morgan fingerprint density at radius 3 is 2.90 bits per heavy atom. The first kappa shape index (κ1) is 6.42. The fourth-order valence-electron chi connectivity index (χ4n) is 2.08. The maximum atomic E-state index is 10.3. The Hall–Kier alpha value is -0.290. The average molecular weight is 154 g/mol. The molecule has 1 nitrogen and oxygen atoms in total. The van der Waals surface area contributed by atoms with E-state index in [4.69, 9.17) is 0 Å². The van der Waals surface area contributed by atoms with Crippen LogP contribution in [0.2, 0.25) is 0 Å². The molecular formula is C8H11OP. The smallest absolute Gasteiger partial charge is 0.0830 e. The first-order valence-corrected chi connectivity index (χ1v) is 4.80. The summed E-state index contributed by atoms with van der Waals surface area (Å²) in [7, 11) is -0.232. The van der Waals surface area contributed by atoms with Crippen molar-refractivity contribution in [2.45, 2.75) is 25.7 Å². The molecule has 2 unspecified atom stereocenters. The Bertz CT molecular complexity index is 236. The van der Waals surface area contributed by atoms with Gasteiger partial charge in [-0.05, 0) is 43.0 Å². The third-order valence-electron chi connectivity index (χ3n) is 2.59. The summed E-state index contributed by atoms with van der Waals surface area (Å²) < 4.78 is 10.3. The van der Waals surface area contributed by atoms with Crippen LogP contribution < -0.4 is 0 Å². The standard InChI is InChI=1S/C8H11OP/c9-10-5-8-4-6-1-2-7(8)3-6/h5-6,10H,1-4H2. The minimum absolute atomic E-state index is 0.232. The van der Waals surface area contributed by atoms with E-state index < -0.39 is 0 Å². The topological polar surface area (TPSA) is 17.1 Å². The van der Waals surface area contributed by atoms with Crippen molar-refractivity contribution >= 4 is 13.9 Å². The monoisotopic (exact) mass is 154 g/mol. The normalized spacial score (nSPS) is 30.2. The Morgan fingerprint density at radius 1 is 1.50 bits per heavy atom. The lowest BCUT2D eigenvalue weighted by Crippen LogP contribution is -1.93. The van der Waals surface area contributed by atoms with Crippen molar-refractivity contribution in [3.05, 3.63) is 11.1 Å². The molecule has 1 fully saturated rings. The summed E-state index contributed by atoms with van der Waals surface area (Å²) in [5.74, 6) is 2.81. The van der Waals surface area contributed by atoms with Crippen LogP contribution >= 0.6 is 8.08 Å². The second-order valence-electron chi connectivity index (χ2n) is 3.20. The predicted octanol–water partition coefficient (Wildman–Crippen LogP) is 2.31. The molecule has 54 valence electrons. The van der Waals surface area contributed by atoms with E-state index in [0.29, 0.717) is 0 Å². The molecule has 0 aromatic rings. The van der Waals surface area contributed by atoms with Crippen molar-refractivity contribution in [1.82, 2.24) is 0 Å². The van der Waals surface area contributed by atoms with E-state index in [1.54, 1.807) is 5.57 Å². The van der Waals surface area contributed by atoms with Gasteiger partial charge in [-0.15, -0.1) is 0 Å². The molecule has 0 N–H and O–H groups in total. The van der Waals surface area contributed by atoms with E-state index >= 15 is 0 Å². The van der Waals surface area contributed by atoms with Crippen molar-refractivity contribution < 1.29 is 4.57 Å². The molecular weight excluding hydrogens is 143 g/mol. The first-order chi connectivity index (χ1) is 4.90. The molecule has 0 radical (unpaired) electrons. The molecule has 0 heterocycles. The van der Waals surface area contributed by atoms with Crippen molar-refractivity contribution in [2.24, 2.45) is 5.92 Å². The quantitative estimate of drug-likeness (QED) is 0.529. The summed E-state index contributed by atoms with van der Waals surface area (Å²) in [6, 6.07) is 0. The van der Waals surface area contributed by atoms with E-state index in [9.17, 15) is 4.57 Å². The van der Waals surface area contributed by atoms with Crippen LogP contribution in [0.1, 0.15) is 25.7 Å². The Morgan fingerprint density at radius 2 is 2.40 bits per heavy atom. The van der Waals surface area contributed by atoms with E-state index in [1.165, 1.54) is 31.3 Å². The SMILES string of the molecule is O=[PH]=CC1=C2CCC(C1)C2. The van der Waals surface area contributed by atoms with Crippen molar-refractivity contribution in [1.29, 1.82) is 0 Å². The fraction of sp³-hybridized carbons (Fsp3) is 0.625. The minimum Gasteiger partial charge on any atom is -0.286 e. The van der Waals surface area contributed by atoms with E-state index in [-0.39, 0.29) is 8.08 Å². The highest BCUT2D eigenvalue weighted by Gasteiger charge is 2.28. The molecule has 0 aromatic heterocycles. The third kappa shape index (κ3) is 0.894. The predicted molar refractivity (Wildman–Crippen MR) is 44.0 cm³/mol. The van der Waals surface area contributed by atoms with E-state index in [0.717, 1.165) is 5.92 Å². The zero-order chi connectivity index (χ0) is 6.97. The molecule has 0 aromatic carbocycles. The maximum absolute atomic E-state index is 10.3. The van der Waals surface area contributed by atoms with Gasteiger partial charge < -0.3 is 0 Å². The van der Waals surface area contributed by atoms with Gasteiger partial charge in [0.2, 0.25) is 0 Å². The highest BCUT2D eigenvalue weighted by molar-refractivity contribution is 7.25. The first-order valence-electron chi connectivity index (χ1n) is 3.82. The number of fused-ring (bicyclic) bond motifs is 2. The van der Waals surface area contributed by atoms with Crippen LogP contribution in [0.25, 0.3) is 0 Å². The Kier molecular flexibility index (Phi) is 1.54. The molecule has 2 aliphatic rings. The van der Waals surface area contributed by atoms with E-state index in [2.05, 4.69) is 0 Å². The Balaban J connectivity index is 2.30. The van der Waals surface area contributed by atoms with Crippen LogP contribution in [0.5, 0.6) is 0 Å². The van der Waals surface area contributed by atoms with E-state index in [1.807, 2.05) is 5.80 Å². The van der Waals surface area contributed by atoms with Gasteiger partial charge >= 0.3 is 0 Å². The lowest BCUT2D eigenvalue weighted by molar-refractivity contribution is 0.571. The summed E-state index contributed by atoms with van der Waals surface area (Å²) in [6.45, 7) is 0. The van der Waals surface area contributed by atoms with Crippen LogP contribution in [0, 0.1) is 5.92 Å². The second-order valence-corrected chi connectivity index (χ2v) is 3.73. The van der Waals surface area contributed by atoms with Gasteiger partial charge in [0.1, 0.15) is 0 Å². The molecule has 2 heteroatoms. The number of rotatable bonds is 1. The Labute approximate surface area is 62.0 Å². The lowest BCUT2D eigenvalue weighted by Gasteiger charge is -2.05. The highest BCUT2D eigenvalue weighted by atomic mass is 31.0. The van der Waals surface area contributed by atoms with Crippen molar-refractivity contribution in [3.63, 3.8) is 0 Å². The van der Waals surface area contributed by atoms with Crippen LogP contribution in [0.15, 0.2) is 11.1 Å². The molecule has 2 bridgehead atoms. The van der Waals surface area contributed by atoms with Gasteiger partial charge in [0.15, 0.2) is 0 Å². The molecule has 0 spiro atoms. The van der Waals surface area contributed by atoms with Gasteiger partial charge in [-0.25, -0.2) is 0 Å². The minimum atomic E-state index is -0.232. The van der Waals surface area contributed by atoms with Gasteiger partial charge in [0, 0.05) is 0 Å². The molecule has 0 saturated heterocycles. The van der Waals surface area contributed by atoms with Crippen LogP contribution in [0.4, 0.5) is 0 Å².